The predicted octanol–water partition coefficient (Wildman–Crippen LogP) is 4.55. The Morgan fingerprint density at radius 2 is 1.79 bits per heavy atom. The molecule has 1 aromatic heterocycles. The van der Waals surface area contributed by atoms with E-state index in [-0.39, 0.29) is 30.1 Å². The Morgan fingerprint density at radius 1 is 1.08 bits per heavy atom. The molecule has 2 aromatic carbocycles. The zero-order valence-electron chi connectivity index (χ0n) is 22.0. The molecule has 3 aromatic rings. The number of benzene rings is 2. The van der Waals surface area contributed by atoms with E-state index in [0.29, 0.717) is 13.1 Å². The first-order chi connectivity index (χ1) is 18.1. The van der Waals surface area contributed by atoms with Gasteiger partial charge in [-0.05, 0) is 60.3 Å². The largest absolute Gasteiger partial charge is 0.481 e. The predicted molar refractivity (Wildman–Crippen MR) is 147 cm³/mol. The zero-order valence-corrected chi connectivity index (χ0v) is 22.8. The summed E-state index contributed by atoms with van der Waals surface area (Å²) >= 11 is 5.96. The van der Waals surface area contributed by atoms with Gasteiger partial charge in [0.1, 0.15) is 12.7 Å². The summed E-state index contributed by atoms with van der Waals surface area (Å²) in [7, 11) is 0. The minimum absolute atomic E-state index is 0.0458. The van der Waals surface area contributed by atoms with Crippen molar-refractivity contribution in [3.8, 4) is 0 Å². The number of hydrogen-bond acceptors (Lipinski definition) is 5. The van der Waals surface area contributed by atoms with Gasteiger partial charge in [0.25, 0.3) is 0 Å². The summed E-state index contributed by atoms with van der Waals surface area (Å²) in [5.74, 6) is -0.954. The molecule has 0 saturated heterocycles. The number of carbonyl (C=O) groups is 2. The third-order valence-corrected chi connectivity index (χ3v) is 7.63. The number of rotatable bonds is 10. The van der Waals surface area contributed by atoms with Crippen LogP contribution in [0.1, 0.15) is 50.7 Å². The van der Waals surface area contributed by atoms with Crippen LogP contribution in [0.25, 0.3) is 0 Å². The van der Waals surface area contributed by atoms with Crippen LogP contribution in [0, 0.1) is 11.3 Å². The molecule has 0 aliphatic heterocycles. The molecule has 0 bridgehead atoms. The van der Waals surface area contributed by atoms with Gasteiger partial charge in [0.15, 0.2) is 0 Å². The van der Waals surface area contributed by atoms with Crippen molar-refractivity contribution in [3.63, 3.8) is 0 Å². The molecule has 38 heavy (non-hydrogen) atoms. The van der Waals surface area contributed by atoms with Crippen LogP contribution < -0.4 is 5.32 Å². The summed E-state index contributed by atoms with van der Waals surface area (Å²) in [5, 5.41) is 27.4. The van der Waals surface area contributed by atoms with Gasteiger partial charge in [0, 0.05) is 18.0 Å². The molecule has 1 heterocycles. The lowest BCUT2D eigenvalue weighted by Crippen LogP contribution is -2.49. The molecule has 2 atom stereocenters. The molecule has 4 rings (SSSR count). The number of carbonyl (C=O) groups excluding carboxylic acids is 1. The van der Waals surface area contributed by atoms with Gasteiger partial charge in [0.2, 0.25) is 5.91 Å². The third-order valence-electron chi connectivity index (χ3n) is 7.37. The minimum atomic E-state index is -0.946. The number of amides is 1. The first kappa shape index (κ1) is 29.3. The van der Waals surface area contributed by atoms with Crippen LogP contribution in [-0.2, 0) is 29.0 Å². The molecule has 204 valence electrons. The lowest BCUT2D eigenvalue weighted by Gasteiger charge is -2.40. The Labute approximate surface area is 229 Å². The van der Waals surface area contributed by atoms with E-state index in [4.69, 9.17) is 16.7 Å². The van der Waals surface area contributed by atoms with Gasteiger partial charge in [-0.15, -0.1) is 0 Å². The SMILES string of the molecule is CC1(C)CCC(Cc2ccc(Cl)cc2)C1(O)Cn1cncn1.O=C(O)CCC(=O)NCCc1ccccc1. The quantitative estimate of drug-likeness (QED) is 0.347. The lowest BCUT2D eigenvalue weighted by atomic mass is 9.72. The number of aromatic nitrogens is 3. The monoisotopic (exact) mass is 540 g/mol. The van der Waals surface area contributed by atoms with Crippen molar-refractivity contribution in [1.29, 1.82) is 0 Å². The molecule has 3 N–H and O–H groups in total. The van der Waals surface area contributed by atoms with Crippen LogP contribution in [0.2, 0.25) is 5.02 Å². The summed E-state index contributed by atoms with van der Waals surface area (Å²) in [6, 6.07) is 17.7. The minimum Gasteiger partial charge on any atom is -0.481 e. The van der Waals surface area contributed by atoms with Crippen LogP contribution in [0.15, 0.2) is 67.3 Å². The third kappa shape index (κ3) is 8.39. The second-order valence-electron chi connectivity index (χ2n) is 10.4. The maximum atomic E-state index is 11.5. The molecule has 8 nitrogen and oxygen atoms in total. The van der Waals surface area contributed by atoms with Gasteiger partial charge < -0.3 is 15.5 Å². The fraction of sp³-hybridized carbons (Fsp3) is 0.448. The van der Waals surface area contributed by atoms with Gasteiger partial charge in [-0.3, -0.25) is 14.3 Å². The Bertz CT molecular complexity index is 1150. The van der Waals surface area contributed by atoms with Gasteiger partial charge in [-0.25, -0.2) is 4.98 Å². The number of nitrogens with one attached hydrogen (secondary N) is 1. The number of hydrogen-bond donors (Lipinski definition) is 3. The molecule has 9 heteroatoms. The first-order valence-electron chi connectivity index (χ1n) is 12.9. The van der Waals surface area contributed by atoms with Crippen LogP contribution >= 0.6 is 11.6 Å². The van der Waals surface area contributed by atoms with Crippen molar-refractivity contribution in [2.24, 2.45) is 11.3 Å². The highest BCUT2D eigenvalue weighted by molar-refractivity contribution is 6.30. The molecular formula is C29H37ClN4O4. The van der Waals surface area contributed by atoms with E-state index in [9.17, 15) is 14.7 Å². The van der Waals surface area contributed by atoms with Crippen molar-refractivity contribution in [2.45, 2.75) is 64.5 Å². The standard InChI is InChI=1S/C17H22ClN3O.C12H15NO3/c1-16(2)8-7-14(9-13-3-5-15(18)6-4-13)17(16,22)10-21-12-19-11-20-21;14-11(6-7-12(15)16)13-9-8-10-4-2-1-3-5-10/h3-6,11-12,14,22H,7-10H2,1-2H3;1-5H,6-9H2,(H,13,14)(H,15,16). The number of nitrogens with zero attached hydrogens (tertiary/aromatic N) is 3. The molecule has 1 aliphatic carbocycles. The van der Waals surface area contributed by atoms with E-state index in [1.54, 1.807) is 11.0 Å². The number of aliphatic hydroxyl groups is 1. The van der Waals surface area contributed by atoms with Crippen LogP contribution in [0.5, 0.6) is 0 Å². The summed E-state index contributed by atoms with van der Waals surface area (Å²) in [4.78, 5) is 25.4. The fourth-order valence-electron chi connectivity index (χ4n) is 4.92. The van der Waals surface area contributed by atoms with Crippen molar-refractivity contribution in [2.75, 3.05) is 6.54 Å². The highest BCUT2D eigenvalue weighted by Crippen LogP contribution is 2.51. The van der Waals surface area contributed by atoms with Gasteiger partial charge in [0.05, 0.1) is 18.6 Å². The molecule has 1 aliphatic rings. The van der Waals surface area contributed by atoms with Crippen LogP contribution in [0.3, 0.4) is 0 Å². The van der Waals surface area contributed by atoms with Crippen molar-refractivity contribution < 1.29 is 19.8 Å². The Balaban J connectivity index is 0.000000223. The molecule has 1 fully saturated rings. The number of carboxylic acid groups (broad SMARTS) is 1. The molecule has 1 saturated carbocycles. The highest BCUT2D eigenvalue weighted by atomic mass is 35.5. The second-order valence-corrected chi connectivity index (χ2v) is 10.9. The fourth-order valence-corrected chi connectivity index (χ4v) is 5.05. The average molecular weight is 541 g/mol. The van der Waals surface area contributed by atoms with Crippen molar-refractivity contribution >= 4 is 23.5 Å². The normalized spacial score (nSPS) is 19.8. The van der Waals surface area contributed by atoms with Crippen molar-refractivity contribution in [3.05, 3.63) is 83.4 Å². The number of halogens is 1. The Morgan fingerprint density at radius 3 is 2.42 bits per heavy atom. The van der Waals surface area contributed by atoms with Gasteiger partial charge >= 0.3 is 5.97 Å². The topological polar surface area (TPSA) is 117 Å². The van der Waals surface area contributed by atoms with E-state index in [1.165, 1.54) is 11.9 Å². The first-order valence-corrected chi connectivity index (χ1v) is 13.3. The van der Waals surface area contributed by atoms with Crippen LogP contribution in [-0.4, -0.2) is 49.0 Å². The van der Waals surface area contributed by atoms with Crippen molar-refractivity contribution in [1.82, 2.24) is 20.1 Å². The van der Waals surface area contributed by atoms with E-state index in [0.717, 1.165) is 36.3 Å². The molecule has 0 radical (unpaired) electrons. The van der Waals surface area contributed by atoms with E-state index < -0.39 is 11.6 Å². The van der Waals surface area contributed by atoms with Gasteiger partial charge in [-0.2, -0.15) is 5.10 Å². The Hall–Kier alpha value is -3.23. The number of aliphatic carboxylic acids is 1. The summed E-state index contributed by atoms with van der Waals surface area (Å²) < 4.78 is 1.74. The summed E-state index contributed by atoms with van der Waals surface area (Å²) in [6.07, 6.45) is 6.76. The summed E-state index contributed by atoms with van der Waals surface area (Å²) in [6.45, 7) is 5.32. The zero-order chi connectivity index (χ0) is 27.6. The maximum absolute atomic E-state index is 11.5. The van der Waals surface area contributed by atoms with Crippen LogP contribution in [0.4, 0.5) is 0 Å². The smallest absolute Gasteiger partial charge is 0.303 e. The Kier molecular flexibility index (Phi) is 10.4. The highest BCUT2D eigenvalue weighted by Gasteiger charge is 2.54. The number of carboxylic acids is 1. The van der Waals surface area contributed by atoms with E-state index >= 15 is 0 Å². The maximum Gasteiger partial charge on any atom is 0.303 e. The van der Waals surface area contributed by atoms with E-state index in [2.05, 4.69) is 29.2 Å². The molecular weight excluding hydrogens is 504 g/mol. The second kappa shape index (κ2) is 13.5. The lowest BCUT2D eigenvalue weighted by molar-refractivity contribution is -0.138. The molecule has 0 spiro atoms. The van der Waals surface area contributed by atoms with E-state index in [1.807, 2.05) is 54.6 Å². The summed E-state index contributed by atoms with van der Waals surface area (Å²) in [5.41, 5.74) is 1.43. The average Bonchev–Trinajstić information content (AvgIpc) is 3.47. The molecule has 2 unspecified atom stereocenters. The van der Waals surface area contributed by atoms with Gasteiger partial charge in [-0.1, -0.05) is 67.9 Å². The molecule has 1 amide bonds.